The maximum absolute atomic E-state index is 13.0. The zero-order chi connectivity index (χ0) is 22.4. The van der Waals surface area contributed by atoms with Crippen LogP contribution in [0.1, 0.15) is 66.4 Å². The molecule has 0 atom stereocenters. The van der Waals surface area contributed by atoms with Gasteiger partial charge in [0.05, 0.1) is 25.0 Å². The Morgan fingerprint density at radius 1 is 1.16 bits per heavy atom. The van der Waals surface area contributed by atoms with E-state index in [-0.39, 0.29) is 25.1 Å². The molecule has 0 saturated heterocycles. The molecule has 0 radical (unpaired) electrons. The summed E-state index contributed by atoms with van der Waals surface area (Å²) in [5.41, 5.74) is 1.05. The van der Waals surface area contributed by atoms with Crippen molar-refractivity contribution in [3.05, 3.63) is 40.8 Å². The van der Waals surface area contributed by atoms with E-state index in [1.54, 1.807) is 25.1 Å². The lowest BCUT2D eigenvalue weighted by atomic mass is 9.81. The minimum absolute atomic E-state index is 0.273. The Morgan fingerprint density at radius 3 is 2.52 bits per heavy atom. The number of ether oxygens (including phenoxy) is 3. The zero-order valence-corrected chi connectivity index (χ0v) is 18.6. The summed E-state index contributed by atoms with van der Waals surface area (Å²) in [6.45, 7) is 6.00. The molecular weight excluding hydrogens is 400 g/mol. The van der Waals surface area contributed by atoms with E-state index in [1.807, 2.05) is 13.8 Å². The topological polar surface area (TPSA) is 99.9 Å². The third-order valence-electron chi connectivity index (χ3n) is 5.71. The standard InChI is InChI=1S/C23H30N2O6/c1-5-29-22(27)23(11-7-6-8-12-23)24-21(26)17-9-10-19(20(13-17)28-4)30-14-18-15(2)25-31-16(18)3/h9-10,13H,5-8,11-12,14H2,1-4H3,(H,24,26). The normalized spacial score (nSPS) is 15.2. The number of carbonyl (C=O) groups excluding carboxylic acids is 2. The van der Waals surface area contributed by atoms with Crippen molar-refractivity contribution >= 4 is 11.9 Å². The van der Waals surface area contributed by atoms with Gasteiger partial charge in [0.1, 0.15) is 17.9 Å². The lowest BCUT2D eigenvalue weighted by Crippen LogP contribution is -2.56. The van der Waals surface area contributed by atoms with Crippen molar-refractivity contribution < 1.29 is 28.3 Å². The van der Waals surface area contributed by atoms with Crippen molar-refractivity contribution in [1.82, 2.24) is 10.5 Å². The van der Waals surface area contributed by atoms with Gasteiger partial charge in [-0.15, -0.1) is 0 Å². The van der Waals surface area contributed by atoms with E-state index in [0.29, 0.717) is 35.7 Å². The Hall–Kier alpha value is -3.03. The van der Waals surface area contributed by atoms with Crippen LogP contribution in [0.25, 0.3) is 0 Å². The Labute approximate surface area is 182 Å². The Morgan fingerprint density at radius 2 is 1.90 bits per heavy atom. The fraction of sp³-hybridized carbons (Fsp3) is 0.522. The third kappa shape index (κ3) is 5.00. The first-order valence-electron chi connectivity index (χ1n) is 10.6. The zero-order valence-electron chi connectivity index (χ0n) is 18.6. The fourth-order valence-corrected chi connectivity index (χ4v) is 3.88. The number of carbonyl (C=O) groups is 2. The summed E-state index contributed by atoms with van der Waals surface area (Å²) < 4.78 is 21.7. The molecule has 1 fully saturated rings. The molecule has 3 rings (SSSR count). The molecule has 0 unspecified atom stereocenters. The maximum Gasteiger partial charge on any atom is 0.331 e. The molecule has 1 heterocycles. The highest BCUT2D eigenvalue weighted by Gasteiger charge is 2.42. The highest BCUT2D eigenvalue weighted by Crippen LogP contribution is 2.32. The number of amides is 1. The van der Waals surface area contributed by atoms with Crippen LogP contribution in [0, 0.1) is 13.8 Å². The molecule has 2 aromatic rings. The van der Waals surface area contributed by atoms with Gasteiger partial charge in [0.15, 0.2) is 11.5 Å². The van der Waals surface area contributed by atoms with Gasteiger partial charge in [-0.2, -0.15) is 0 Å². The van der Waals surface area contributed by atoms with Crippen molar-refractivity contribution in [3.63, 3.8) is 0 Å². The number of hydrogen-bond acceptors (Lipinski definition) is 7. The van der Waals surface area contributed by atoms with E-state index in [0.717, 1.165) is 30.5 Å². The predicted molar refractivity (Wildman–Crippen MR) is 113 cm³/mol. The average Bonchev–Trinajstić information content (AvgIpc) is 3.10. The van der Waals surface area contributed by atoms with Gasteiger partial charge in [-0.3, -0.25) is 4.79 Å². The van der Waals surface area contributed by atoms with Crippen LogP contribution in [0.5, 0.6) is 11.5 Å². The van der Waals surface area contributed by atoms with Crippen LogP contribution in [0.15, 0.2) is 22.7 Å². The van der Waals surface area contributed by atoms with E-state index in [4.69, 9.17) is 18.7 Å². The summed E-state index contributed by atoms with van der Waals surface area (Å²) in [5, 5.41) is 6.86. The smallest absolute Gasteiger partial charge is 0.331 e. The molecule has 1 aromatic carbocycles. The number of rotatable bonds is 8. The van der Waals surface area contributed by atoms with Gasteiger partial charge in [-0.05, 0) is 51.8 Å². The second-order valence-electron chi connectivity index (χ2n) is 7.77. The second-order valence-corrected chi connectivity index (χ2v) is 7.77. The van der Waals surface area contributed by atoms with Gasteiger partial charge in [0.25, 0.3) is 5.91 Å². The van der Waals surface area contributed by atoms with Gasteiger partial charge in [-0.1, -0.05) is 24.4 Å². The molecular formula is C23H30N2O6. The van der Waals surface area contributed by atoms with Crippen LogP contribution in [0.2, 0.25) is 0 Å². The Kier molecular flexibility index (Phi) is 7.20. The summed E-state index contributed by atoms with van der Waals surface area (Å²) in [4.78, 5) is 25.6. The number of hydrogen-bond donors (Lipinski definition) is 1. The summed E-state index contributed by atoms with van der Waals surface area (Å²) in [6, 6.07) is 4.95. The average molecular weight is 431 g/mol. The molecule has 168 valence electrons. The van der Waals surface area contributed by atoms with Gasteiger partial charge in [0, 0.05) is 5.56 Å². The van der Waals surface area contributed by atoms with Crippen LogP contribution in [-0.4, -0.2) is 36.3 Å². The van der Waals surface area contributed by atoms with Crippen molar-refractivity contribution in [2.45, 2.75) is 65.0 Å². The van der Waals surface area contributed by atoms with Crippen LogP contribution < -0.4 is 14.8 Å². The minimum atomic E-state index is -0.975. The first kappa shape index (κ1) is 22.7. The SMILES string of the molecule is CCOC(=O)C1(NC(=O)c2ccc(OCc3c(C)noc3C)c(OC)c2)CCCCC1. The molecule has 0 aliphatic heterocycles. The van der Waals surface area contributed by atoms with E-state index in [1.165, 1.54) is 7.11 Å². The van der Waals surface area contributed by atoms with Crippen LogP contribution in [0.4, 0.5) is 0 Å². The molecule has 8 heteroatoms. The molecule has 1 saturated carbocycles. The quantitative estimate of drug-likeness (QED) is 0.635. The van der Waals surface area contributed by atoms with E-state index < -0.39 is 5.54 Å². The number of nitrogens with zero attached hydrogens (tertiary/aromatic N) is 1. The number of nitrogens with one attached hydrogen (secondary N) is 1. The largest absolute Gasteiger partial charge is 0.493 e. The lowest BCUT2D eigenvalue weighted by molar-refractivity contribution is -0.152. The molecule has 0 bridgehead atoms. The van der Waals surface area contributed by atoms with Gasteiger partial charge < -0.3 is 24.1 Å². The number of benzene rings is 1. The maximum atomic E-state index is 13.0. The van der Waals surface area contributed by atoms with Gasteiger partial charge in [-0.25, -0.2) is 4.79 Å². The van der Waals surface area contributed by atoms with Gasteiger partial charge in [0.2, 0.25) is 0 Å². The van der Waals surface area contributed by atoms with Crippen molar-refractivity contribution in [2.24, 2.45) is 0 Å². The first-order chi connectivity index (χ1) is 14.9. The van der Waals surface area contributed by atoms with E-state index in [9.17, 15) is 9.59 Å². The minimum Gasteiger partial charge on any atom is -0.493 e. The molecule has 31 heavy (non-hydrogen) atoms. The predicted octanol–water partition coefficient (Wildman–Crippen LogP) is 3.87. The Bertz CT molecular complexity index is 911. The number of aromatic nitrogens is 1. The van der Waals surface area contributed by atoms with Crippen LogP contribution >= 0.6 is 0 Å². The monoisotopic (exact) mass is 430 g/mol. The second kappa shape index (κ2) is 9.85. The molecule has 1 N–H and O–H groups in total. The third-order valence-corrected chi connectivity index (χ3v) is 5.71. The number of methoxy groups -OCH3 is 1. The molecule has 8 nitrogen and oxygen atoms in total. The van der Waals surface area contributed by atoms with Crippen molar-refractivity contribution in [3.8, 4) is 11.5 Å². The lowest BCUT2D eigenvalue weighted by Gasteiger charge is -2.35. The summed E-state index contributed by atoms with van der Waals surface area (Å²) in [6.07, 6.45) is 3.94. The molecule has 1 aromatic heterocycles. The van der Waals surface area contributed by atoms with Crippen molar-refractivity contribution in [2.75, 3.05) is 13.7 Å². The molecule has 1 aliphatic rings. The molecule has 0 spiro atoms. The number of esters is 1. The van der Waals surface area contributed by atoms with Crippen LogP contribution in [0.3, 0.4) is 0 Å². The van der Waals surface area contributed by atoms with E-state index >= 15 is 0 Å². The van der Waals surface area contributed by atoms with Crippen molar-refractivity contribution in [1.29, 1.82) is 0 Å². The highest BCUT2D eigenvalue weighted by molar-refractivity contribution is 5.98. The molecule has 1 aliphatic carbocycles. The first-order valence-corrected chi connectivity index (χ1v) is 10.6. The van der Waals surface area contributed by atoms with Crippen LogP contribution in [-0.2, 0) is 16.1 Å². The fourth-order valence-electron chi connectivity index (χ4n) is 3.88. The Balaban J connectivity index is 1.76. The highest BCUT2D eigenvalue weighted by atomic mass is 16.5. The summed E-state index contributed by atoms with van der Waals surface area (Å²) in [7, 11) is 1.51. The van der Waals surface area contributed by atoms with E-state index in [2.05, 4.69) is 10.5 Å². The van der Waals surface area contributed by atoms with Gasteiger partial charge >= 0.3 is 5.97 Å². The summed E-state index contributed by atoms with van der Waals surface area (Å²) in [5.74, 6) is 0.911. The molecule has 1 amide bonds. The summed E-state index contributed by atoms with van der Waals surface area (Å²) >= 11 is 0. The number of aryl methyl sites for hydroxylation is 2.